The number of ether oxygens (including phenoxy) is 1. The predicted octanol–water partition coefficient (Wildman–Crippen LogP) is 3.82. The first-order valence-corrected chi connectivity index (χ1v) is 8.58. The Bertz CT molecular complexity index is 995. The standard InChI is InChI=1S/C17H14Cl2FN5O2/c1-9(27-16-6-3-11(18)7-13(16)19)17(26)21-15-8-12(4-5-14(15)20)25-10(2)22-23-24-25/h3-9H,1-2H3,(H,21,26). The fraction of sp³-hybridized carbons (Fsp3) is 0.176. The number of tetrazole rings is 1. The van der Waals surface area contributed by atoms with Gasteiger partial charge in [0.15, 0.2) is 11.9 Å². The third kappa shape index (κ3) is 4.35. The Hall–Kier alpha value is -2.71. The van der Waals surface area contributed by atoms with E-state index in [1.54, 1.807) is 19.1 Å². The SMILES string of the molecule is Cc1nnnn1-c1ccc(F)c(NC(=O)C(C)Oc2ccc(Cl)cc2Cl)c1. The summed E-state index contributed by atoms with van der Waals surface area (Å²) in [6.45, 7) is 3.22. The second-order valence-corrected chi connectivity index (χ2v) is 6.47. The number of aromatic nitrogens is 4. The van der Waals surface area contributed by atoms with Crippen LogP contribution in [0.1, 0.15) is 12.7 Å². The topological polar surface area (TPSA) is 81.9 Å². The van der Waals surface area contributed by atoms with Gasteiger partial charge in [0.2, 0.25) is 0 Å². The molecule has 0 saturated heterocycles. The van der Waals surface area contributed by atoms with E-state index in [0.29, 0.717) is 22.3 Å². The zero-order valence-electron chi connectivity index (χ0n) is 14.3. The number of aryl methyl sites for hydroxylation is 1. The fourth-order valence-electron chi connectivity index (χ4n) is 2.26. The highest BCUT2D eigenvalue weighted by molar-refractivity contribution is 6.35. The zero-order valence-corrected chi connectivity index (χ0v) is 15.8. The minimum absolute atomic E-state index is 0.0231. The Kier molecular flexibility index (Phi) is 5.57. The summed E-state index contributed by atoms with van der Waals surface area (Å²) in [4.78, 5) is 12.4. The molecule has 0 radical (unpaired) electrons. The average Bonchev–Trinajstić information content (AvgIpc) is 3.05. The summed E-state index contributed by atoms with van der Waals surface area (Å²) >= 11 is 11.9. The van der Waals surface area contributed by atoms with Gasteiger partial charge in [0.05, 0.1) is 16.4 Å². The lowest BCUT2D eigenvalue weighted by molar-refractivity contribution is -0.122. The van der Waals surface area contributed by atoms with Crippen molar-refractivity contribution in [3.63, 3.8) is 0 Å². The molecule has 1 amide bonds. The molecule has 140 valence electrons. The molecule has 1 aromatic heterocycles. The van der Waals surface area contributed by atoms with Crippen LogP contribution < -0.4 is 10.1 Å². The van der Waals surface area contributed by atoms with Gasteiger partial charge in [-0.3, -0.25) is 4.79 Å². The molecule has 0 saturated carbocycles. The maximum atomic E-state index is 14.1. The van der Waals surface area contributed by atoms with E-state index in [2.05, 4.69) is 20.8 Å². The van der Waals surface area contributed by atoms with Gasteiger partial charge in [0.25, 0.3) is 5.91 Å². The molecule has 0 spiro atoms. The van der Waals surface area contributed by atoms with Crippen LogP contribution >= 0.6 is 23.2 Å². The number of hydrogen-bond donors (Lipinski definition) is 1. The van der Waals surface area contributed by atoms with Gasteiger partial charge in [-0.1, -0.05) is 23.2 Å². The summed E-state index contributed by atoms with van der Waals surface area (Å²) in [5.41, 5.74) is 0.480. The summed E-state index contributed by atoms with van der Waals surface area (Å²) < 4.78 is 21.1. The van der Waals surface area contributed by atoms with E-state index in [9.17, 15) is 9.18 Å². The molecular weight excluding hydrogens is 396 g/mol. The number of benzene rings is 2. The quantitative estimate of drug-likeness (QED) is 0.692. The average molecular weight is 410 g/mol. The number of nitrogens with zero attached hydrogens (tertiary/aromatic N) is 4. The summed E-state index contributed by atoms with van der Waals surface area (Å²) in [7, 11) is 0. The highest BCUT2D eigenvalue weighted by atomic mass is 35.5. The molecule has 0 fully saturated rings. The molecule has 7 nitrogen and oxygen atoms in total. The minimum atomic E-state index is -0.929. The number of amides is 1. The van der Waals surface area contributed by atoms with E-state index in [4.69, 9.17) is 27.9 Å². The number of carbonyl (C=O) groups is 1. The lowest BCUT2D eigenvalue weighted by atomic mass is 10.2. The maximum Gasteiger partial charge on any atom is 0.265 e. The molecule has 0 aliphatic carbocycles. The molecule has 27 heavy (non-hydrogen) atoms. The molecule has 1 unspecified atom stereocenters. The van der Waals surface area contributed by atoms with Crippen LogP contribution in [0.4, 0.5) is 10.1 Å². The summed E-state index contributed by atoms with van der Waals surface area (Å²) in [5.74, 6) is -0.338. The van der Waals surface area contributed by atoms with Crippen LogP contribution in [0.15, 0.2) is 36.4 Å². The summed E-state index contributed by atoms with van der Waals surface area (Å²) in [6.07, 6.45) is -0.929. The predicted molar refractivity (Wildman–Crippen MR) is 99.0 cm³/mol. The van der Waals surface area contributed by atoms with E-state index >= 15 is 0 Å². The first-order valence-electron chi connectivity index (χ1n) is 7.82. The van der Waals surface area contributed by atoms with Crippen molar-refractivity contribution < 1.29 is 13.9 Å². The Morgan fingerprint density at radius 2 is 2.04 bits per heavy atom. The molecule has 0 bridgehead atoms. The Morgan fingerprint density at radius 1 is 1.26 bits per heavy atom. The van der Waals surface area contributed by atoms with E-state index in [-0.39, 0.29) is 10.7 Å². The minimum Gasteiger partial charge on any atom is -0.479 e. The van der Waals surface area contributed by atoms with Gasteiger partial charge < -0.3 is 10.1 Å². The van der Waals surface area contributed by atoms with Crippen LogP contribution in [0.3, 0.4) is 0 Å². The normalized spacial score (nSPS) is 11.9. The molecule has 2 aromatic carbocycles. The monoisotopic (exact) mass is 409 g/mol. The van der Waals surface area contributed by atoms with Gasteiger partial charge >= 0.3 is 0 Å². The summed E-state index contributed by atoms with van der Waals surface area (Å²) in [5, 5.41) is 14.3. The van der Waals surface area contributed by atoms with Crippen molar-refractivity contribution in [1.29, 1.82) is 0 Å². The Balaban J connectivity index is 1.76. The lowest BCUT2D eigenvalue weighted by Crippen LogP contribution is -2.30. The van der Waals surface area contributed by atoms with Crippen LogP contribution in [0, 0.1) is 12.7 Å². The largest absolute Gasteiger partial charge is 0.479 e. The van der Waals surface area contributed by atoms with Crippen molar-refractivity contribution in [3.8, 4) is 11.4 Å². The van der Waals surface area contributed by atoms with Gasteiger partial charge in [-0.25, -0.2) is 4.39 Å². The molecule has 10 heteroatoms. The van der Waals surface area contributed by atoms with Crippen LogP contribution in [-0.4, -0.2) is 32.2 Å². The van der Waals surface area contributed by atoms with Crippen molar-refractivity contribution in [3.05, 3.63) is 58.1 Å². The van der Waals surface area contributed by atoms with Gasteiger partial charge in [-0.2, -0.15) is 4.68 Å². The second kappa shape index (κ2) is 7.89. The molecule has 0 aliphatic heterocycles. The van der Waals surface area contributed by atoms with Gasteiger partial charge in [0.1, 0.15) is 11.6 Å². The number of hydrogen-bond acceptors (Lipinski definition) is 5. The maximum absolute atomic E-state index is 14.1. The number of carbonyl (C=O) groups excluding carboxylic acids is 1. The first kappa shape index (κ1) is 19.1. The van der Waals surface area contributed by atoms with Crippen molar-refractivity contribution in [2.75, 3.05) is 5.32 Å². The van der Waals surface area contributed by atoms with Gasteiger partial charge in [-0.15, -0.1) is 5.10 Å². The van der Waals surface area contributed by atoms with E-state index < -0.39 is 17.8 Å². The third-order valence-electron chi connectivity index (χ3n) is 3.64. The fourth-order valence-corrected chi connectivity index (χ4v) is 2.71. The number of nitrogens with one attached hydrogen (secondary N) is 1. The number of halogens is 3. The number of rotatable bonds is 5. The van der Waals surface area contributed by atoms with E-state index in [0.717, 1.165) is 0 Å². The molecule has 0 aliphatic rings. The highest BCUT2D eigenvalue weighted by Crippen LogP contribution is 2.28. The molecule has 1 atom stereocenters. The van der Waals surface area contributed by atoms with Gasteiger partial charge in [0, 0.05) is 5.02 Å². The van der Waals surface area contributed by atoms with E-state index in [1.165, 1.54) is 35.9 Å². The van der Waals surface area contributed by atoms with Crippen molar-refractivity contribution >= 4 is 34.8 Å². The van der Waals surface area contributed by atoms with Crippen LogP contribution in [0.25, 0.3) is 5.69 Å². The van der Waals surface area contributed by atoms with Crippen LogP contribution in [-0.2, 0) is 4.79 Å². The van der Waals surface area contributed by atoms with Crippen molar-refractivity contribution in [2.45, 2.75) is 20.0 Å². The Morgan fingerprint density at radius 3 is 2.70 bits per heavy atom. The van der Waals surface area contributed by atoms with E-state index in [1.807, 2.05) is 0 Å². The van der Waals surface area contributed by atoms with Crippen molar-refractivity contribution in [2.24, 2.45) is 0 Å². The molecule has 3 aromatic rings. The van der Waals surface area contributed by atoms with Crippen LogP contribution in [0.2, 0.25) is 10.0 Å². The van der Waals surface area contributed by atoms with Gasteiger partial charge in [-0.05, 0) is 60.7 Å². The lowest BCUT2D eigenvalue weighted by Gasteiger charge is -2.16. The van der Waals surface area contributed by atoms with Crippen LogP contribution in [0.5, 0.6) is 5.75 Å². The molecule has 1 heterocycles. The molecular formula is C17H14Cl2FN5O2. The smallest absolute Gasteiger partial charge is 0.265 e. The zero-order chi connectivity index (χ0) is 19.6. The van der Waals surface area contributed by atoms with Crippen molar-refractivity contribution in [1.82, 2.24) is 20.2 Å². The Labute approximate surface area is 164 Å². The number of anilines is 1. The molecule has 3 rings (SSSR count). The third-order valence-corrected chi connectivity index (χ3v) is 4.18. The molecule has 1 N–H and O–H groups in total. The second-order valence-electron chi connectivity index (χ2n) is 5.63. The first-order chi connectivity index (χ1) is 12.8. The highest BCUT2D eigenvalue weighted by Gasteiger charge is 2.18. The summed E-state index contributed by atoms with van der Waals surface area (Å²) in [6, 6.07) is 8.79.